The number of carbonyl (C=O) groups is 1. The molecule has 0 aliphatic rings. The van der Waals surface area contributed by atoms with Crippen LogP contribution in [0, 0.1) is 30.1 Å². The van der Waals surface area contributed by atoms with Gasteiger partial charge in [-0.05, 0) is 68.7 Å². The first-order valence-electron chi connectivity index (χ1n) is 18.2. The quantitative estimate of drug-likeness (QED) is 0.128. The van der Waals surface area contributed by atoms with Gasteiger partial charge < -0.3 is 15.0 Å². The monoisotopic (exact) mass is 648 g/mol. The van der Waals surface area contributed by atoms with Gasteiger partial charge in [0.05, 0.1) is 5.69 Å². The van der Waals surface area contributed by atoms with Crippen molar-refractivity contribution in [3.63, 3.8) is 0 Å². The molecule has 1 N–H and O–H groups in total. The van der Waals surface area contributed by atoms with Crippen molar-refractivity contribution in [3.8, 4) is 11.9 Å². The van der Waals surface area contributed by atoms with Crippen LogP contribution in [0.5, 0.6) is 5.88 Å². The van der Waals surface area contributed by atoms with Crippen LogP contribution in [0.25, 0.3) is 0 Å². The van der Waals surface area contributed by atoms with E-state index in [-0.39, 0.29) is 28.6 Å². The largest absolute Gasteiger partial charge is 0.492 e. The predicted molar refractivity (Wildman–Crippen MR) is 193 cm³/mol. The number of nitriles is 1. The highest BCUT2D eigenvalue weighted by molar-refractivity contribution is 5.94. The molecule has 1 aromatic carbocycles. The fourth-order valence-corrected chi connectivity index (χ4v) is 5.92. The van der Waals surface area contributed by atoms with Crippen LogP contribution in [0.1, 0.15) is 140 Å². The van der Waals surface area contributed by atoms with Crippen molar-refractivity contribution in [1.82, 2.24) is 9.58 Å². The number of benzene rings is 1. The molecule has 2 aromatic rings. The molecule has 1 amide bonds. The van der Waals surface area contributed by atoms with E-state index in [1.165, 1.54) is 17.5 Å². The molecule has 2 atom stereocenters. The molecular formula is C38H60N6O3. The molecular weight excluding hydrogens is 588 g/mol. The minimum atomic E-state index is -0.514. The lowest BCUT2D eigenvalue weighted by molar-refractivity contribution is 0.0685. The van der Waals surface area contributed by atoms with Gasteiger partial charge in [0.15, 0.2) is 5.69 Å². The second-order valence-corrected chi connectivity index (χ2v) is 12.9. The Kier molecular flexibility index (Phi) is 17.9. The molecule has 0 aliphatic heterocycles. The second-order valence-electron chi connectivity index (χ2n) is 12.9. The summed E-state index contributed by atoms with van der Waals surface area (Å²) in [6.07, 6.45) is 12.5. The van der Waals surface area contributed by atoms with Crippen molar-refractivity contribution < 1.29 is 9.90 Å². The second kappa shape index (κ2) is 21.3. The standard InChI is InChI=1S/C38H60N6O3/c1-8-14-18-30(12-5)27-42(28-31(13-6)19-15-9-2)36(45)32-20-22-33(23-21-32)40-41-35-29(7)34(26-39)37(46)44(38(35)47)43(24-16-10-3)25-17-11-4/h20-23,30-31,46H,8-19,24-25,27-28H2,1-7H3. The molecule has 0 spiro atoms. The van der Waals surface area contributed by atoms with E-state index in [0.29, 0.717) is 36.2 Å². The molecule has 1 aromatic heterocycles. The third-order valence-corrected chi connectivity index (χ3v) is 9.19. The summed E-state index contributed by atoms with van der Waals surface area (Å²) in [6, 6.07) is 9.09. The highest BCUT2D eigenvalue weighted by atomic mass is 16.3. The number of azo groups is 1. The Morgan fingerprint density at radius 3 is 1.81 bits per heavy atom. The zero-order valence-electron chi connectivity index (χ0n) is 30.2. The van der Waals surface area contributed by atoms with Crippen LogP contribution in [0.2, 0.25) is 0 Å². The molecule has 0 aliphatic carbocycles. The summed E-state index contributed by atoms with van der Waals surface area (Å²) >= 11 is 0. The average Bonchev–Trinajstić information content (AvgIpc) is 3.08. The van der Waals surface area contributed by atoms with E-state index in [1.54, 1.807) is 36.2 Å². The lowest BCUT2D eigenvalue weighted by atomic mass is 9.95. The van der Waals surface area contributed by atoms with Crippen LogP contribution in [0.3, 0.4) is 0 Å². The highest BCUT2D eigenvalue weighted by Gasteiger charge is 2.24. The Hall–Kier alpha value is -3.67. The Labute approximate surface area is 283 Å². The van der Waals surface area contributed by atoms with Crippen LogP contribution in [-0.4, -0.2) is 46.8 Å². The third-order valence-electron chi connectivity index (χ3n) is 9.19. The first-order chi connectivity index (χ1) is 22.7. The molecule has 2 rings (SSSR count). The number of hydrogen-bond acceptors (Lipinski definition) is 7. The minimum Gasteiger partial charge on any atom is -0.492 e. The lowest BCUT2D eigenvalue weighted by Crippen LogP contribution is -2.43. The molecule has 0 radical (unpaired) electrons. The molecule has 2 unspecified atom stereocenters. The number of nitrogens with zero attached hydrogens (tertiary/aromatic N) is 6. The van der Waals surface area contributed by atoms with Gasteiger partial charge in [-0.15, -0.1) is 5.11 Å². The van der Waals surface area contributed by atoms with E-state index in [0.717, 1.165) is 77.3 Å². The van der Waals surface area contributed by atoms with E-state index in [1.807, 2.05) is 6.07 Å². The number of carbonyl (C=O) groups excluding carboxylic acids is 1. The maximum Gasteiger partial charge on any atom is 0.300 e. The van der Waals surface area contributed by atoms with Gasteiger partial charge in [-0.25, -0.2) is 0 Å². The van der Waals surface area contributed by atoms with Crippen molar-refractivity contribution in [1.29, 1.82) is 5.26 Å². The lowest BCUT2D eigenvalue weighted by Gasteiger charge is -2.31. The molecule has 1 heterocycles. The van der Waals surface area contributed by atoms with Gasteiger partial charge in [-0.3, -0.25) is 9.59 Å². The van der Waals surface area contributed by atoms with Crippen molar-refractivity contribution >= 4 is 17.3 Å². The first-order valence-corrected chi connectivity index (χ1v) is 18.2. The Balaban J connectivity index is 2.42. The molecule has 47 heavy (non-hydrogen) atoms. The third kappa shape index (κ3) is 11.5. The van der Waals surface area contributed by atoms with Gasteiger partial charge in [0, 0.05) is 37.3 Å². The Bertz CT molecular complexity index is 1340. The van der Waals surface area contributed by atoms with Crippen LogP contribution >= 0.6 is 0 Å². The van der Waals surface area contributed by atoms with Gasteiger partial charge in [-0.2, -0.15) is 15.1 Å². The zero-order chi connectivity index (χ0) is 34.8. The molecule has 0 fully saturated rings. The van der Waals surface area contributed by atoms with E-state index < -0.39 is 5.56 Å². The first kappa shape index (κ1) is 39.5. The number of amides is 1. The number of rotatable bonds is 22. The van der Waals surface area contributed by atoms with Crippen molar-refractivity contribution in [2.24, 2.45) is 22.1 Å². The fraction of sp³-hybridized carbons (Fsp3) is 0.658. The summed E-state index contributed by atoms with van der Waals surface area (Å²) in [7, 11) is 0. The zero-order valence-corrected chi connectivity index (χ0v) is 30.2. The normalized spacial score (nSPS) is 12.6. The fourth-order valence-electron chi connectivity index (χ4n) is 5.92. The number of hydrogen-bond donors (Lipinski definition) is 1. The summed E-state index contributed by atoms with van der Waals surface area (Å²) in [5.41, 5.74) is 0.884. The molecule has 0 saturated heterocycles. The minimum absolute atomic E-state index is 0.00576. The summed E-state index contributed by atoms with van der Waals surface area (Å²) in [4.78, 5) is 29.7. The number of unbranched alkanes of at least 4 members (excludes halogenated alkanes) is 4. The Morgan fingerprint density at radius 1 is 0.851 bits per heavy atom. The molecule has 9 nitrogen and oxygen atoms in total. The van der Waals surface area contributed by atoms with Crippen LogP contribution in [0.4, 0.5) is 11.4 Å². The summed E-state index contributed by atoms with van der Waals surface area (Å²) < 4.78 is 1.19. The van der Waals surface area contributed by atoms with Crippen LogP contribution < -0.4 is 10.6 Å². The average molecular weight is 649 g/mol. The van der Waals surface area contributed by atoms with Crippen molar-refractivity contribution in [3.05, 3.63) is 51.3 Å². The van der Waals surface area contributed by atoms with E-state index in [4.69, 9.17) is 0 Å². The molecule has 260 valence electrons. The van der Waals surface area contributed by atoms with E-state index in [9.17, 15) is 20.0 Å². The maximum atomic E-state index is 13.9. The Morgan fingerprint density at radius 2 is 1.36 bits per heavy atom. The van der Waals surface area contributed by atoms with Crippen LogP contribution in [0.15, 0.2) is 39.3 Å². The smallest absolute Gasteiger partial charge is 0.300 e. The number of aromatic hydroxyl groups is 1. The predicted octanol–water partition coefficient (Wildman–Crippen LogP) is 9.56. The summed E-state index contributed by atoms with van der Waals surface area (Å²) in [5, 5.41) is 31.3. The topological polar surface area (TPSA) is 114 Å². The van der Waals surface area contributed by atoms with Gasteiger partial charge in [0.2, 0.25) is 5.88 Å². The van der Waals surface area contributed by atoms with E-state index >= 15 is 0 Å². The van der Waals surface area contributed by atoms with Crippen molar-refractivity contribution in [2.75, 3.05) is 31.2 Å². The van der Waals surface area contributed by atoms with Crippen molar-refractivity contribution in [2.45, 2.75) is 126 Å². The van der Waals surface area contributed by atoms with E-state index in [2.05, 4.69) is 56.7 Å². The van der Waals surface area contributed by atoms with Gasteiger partial charge >= 0.3 is 0 Å². The SMILES string of the molecule is CCCCC(CC)CN(CC(CC)CCCC)C(=O)c1ccc(N=Nc2c(C)c(C#N)c(O)n(N(CCCC)CCCC)c2=O)cc1. The summed E-state index contributed by atoms with van der Waals surface area (Å²) in [5.74, 6) is 0.625. The van der Waals surface area contributed by atoms with Crippen LogP contribution in [-0.2, 0) is 0 Å². The van der Waals surface area contributed by atoms with Gasteiger partial charge in [0.25, 0.3) is 11.5 Å². The van der Waals surface area contributed by atoms with Gasteiger partial charge in [-0.1, -0.05) is 92.9 Å². The number of pyridine rings is 1. The summed E-state index contributed by atoms with van der Waals surface area (Å²) in [6.45, 7) is 17.3. The van der Waals surface area contributed by atoms with Gasteiger partial charge in [0.1, 0.15) is 11.6 Å². The molecule has 9 heteroatoms. The molecule has 0 bridgehead atoms. The number of aromatic nitrogens is 1. The highest BCUT2D eigenvalue weighted by Crippen LogP contribution is 2.28. The maximum absolute atomic E-state index is 13.9. The molecule has 0 saturated carbocycles.